The lowest BCUT2D eigenvalue weighted by atomic mass is 9.82. The van der Waals surface area contributed by atoms with Crippen molar-refractivity contribution in [3.8, 4) is 0 Å². The fourth-order valence-electron chi connectivity index (χ4n) is 2.77. The van der Waals surface area contributed by atoms with E-state index in [0.29, 0.717) is 11.3 Å². The molecule has 0 bridgehead atoms. The molecule has 0 amide bonds. The molecule has 1 rings (SSSR count). The number of rotatable bonds is 2. The second-order valence-electron chi connectivity index (χ2n) is 6.79. The average molecular weight is 198 g/mol. The molecular formula is C13H26O. The second kappa shape index (κ2) is 3.84. The average Bonchev–Trinajstić information content (AvgIpc) is 2.29. The highest BCUT2D eigenvalue weighted by Crippen LogP contribution is 2.42. The van der Waals surface area contributed by atoms with Crippen molar-refractivity contribution < 1.29 is 5.11 Å². The van der Waals surface area contributed by atoms with Gasteiger partial charge >= 0.3 is 0 Å². The SMILES string of the molecule is CC(C)(C)CC1CCC(C(C)(C)O)C1. The first-order valence-electron chi connectivity index (χ1n) is 5.91. The third kappa shape index (κ3) is 3.61. The van der Waals surface area contributed by atoms with Gasteiger partial charge in [-0.3, -0.25) is 0 Å². The molecule has 1 aliphatic rings. The predicted molar refractivity (Wildman–Crippen MR) is 61.2 cm³/mol. The molecule has 1 heteroatoms. The van der Waals surface area contributed by atoms with Crippen LogP contribution in [0.25, 0.3) is 0 Å². The van der Waals surface area contributed by atoms with Gasteiger partial charge in [-0.05, 0) is 50.4 Å². The van der Waals surface area contributed by atoms with Crippen LogP contribution >= 0.6 is 0 Å². The Morgan fingerprint density at radius 3 is 2.00 bits per heavy atom. The van der Waals surface area contributed by atoms with Crippen LogP contribution in [0.2, 0.25) is 0 Å². The molecule has 0 saturated heterocycles. The monoisotopic (exact) mass is 198 g/mol. The van der Waals surface area contributed by atoms with Crippen LogP contribution in [0.5, 0.6) is 0 Å². The van der Waals surface area contributed by atoms with Crippen LogP contribution in [0.15, 0.2) is 0 Å². The van der Waals surface area contributed by atoms with Gasteiger partial charge in [0, 0.05) is 0 Å². The molecule has 1 N–H and O–H groups in total. The van der Waals surface area contributed by atoms with E-state index in [4.69, 9.17) is 0 Å². The zero-order valence-corrected chi connectivity index (χ0v) is 10.4. The van der Waals surface area contributed by atoms with E-state index in [-0.39, 0.29) is 0 Å². The molecule has 1 fully saturated rings. The highest BCUT2D eigenvalue weighted by atomic mass is 16.3. The van der Waals surface area contributed by atoms with Crippen LogP contribution in [0.3, 0.4) is 0 Å². The van der Waals surface area contributed by atoms with E-state index < -0.39 is 5.60 Å². The molecule has 0 aliphatic heterocycles. The number of aliphatic hydroxyl groups is 1. The first-order chi connectivity index (χ1) is 6.18. The molecular weight excluding hydrogens is 172 g/mol. The maximum Gasteiger partial charge on any atom is 0.0619 e. The minimum Gasteiger partial charge on any atom is -0.390 e. The lowest BCUT2D eigenvalue weighted by Gasteiger charge is -2.27. The molecule has 0 aromatic carbocycles. The van der Waals surface area contributed by atoms with Crippen molar-refractivity contribution in [3.05, 3.63) is 0 Å². The highest BCUT2D eigenvalue weighted by Gasteiger charge is 2.35. The summed E-state index contributed by atoms with van der Waals surface area (Å²) >= 11 is 0. The Bertz CT molecular complexity index is 182. The van der Waals surface area contributed by atoms with E-state index >= 15 is 0 Å². The summed E-state index contributed by atoms with van der Waals surface area (Å²) in [6.45, 7) is 10.8. The Balaban J connectivity index is 2.42. The largest absolute Gasteiger partial charge is 0.390 e. The summed E-state index contributed by atoms with van der Waals surface area (Å²) in [7, 11) is 0. The molecule has 1 saturated carbocycles. The Hall–Kier alpha value is -0.0400. The van der Waals surface area contributed by atoms with E-state index in [1.807, 2.05) is 13.8 Å². The van der Waals surface area contributed by atoms with Crippen LogP contribution in [0.4, 0.5) is 0 Å². The van der Waals surface area contributed by atoms with E-state index in [9.17, 15) is 5.11 Å². The van der Waals surface area contributed by atoms with E-state index in [2.05, 4.69) is 20.8 Å². The highest BCUT2D eigenvalue weighted by molar-refractivity contribution is 4.87. The molecule has 14 heavy (non-hydrogen) atoms. The van der Waals surface area contributed by atoms with Crippen molar-refractivity contribution in [2.75, 3.05) is 0 Å². The topological polar surface area (TPSA) is 20.2 Å². The van der Waals surface area contributed by atoms with Crippen molar-refractivity contribution in [2.45, 2.75) is 65.9 Å². The van der Waals surface area contributed by atoms with E-state index in [1.54, 1.807) is 0 Å². The van der Waals surface area contributed by atoms with Gasteiger partial charge in [0.2, 0.25) is 0 Å². The predicted octanol–water partition coefficient (Wildman–Crippen LogP) is 3.61. The van der Waals surface area contributed by atoms with Gasteiger partial charge in [-0.1, -0.05) is 27.2 Å². The zero-order valence-electron chi connectivity index (χ0n) is 10.4. The number of hydrogen-bond acceptors (Lipinski definition) is 1. The van der Waals surface area contributed by atoms with Crippen molar-refractivity contribution in [3.63, 3.8) is 0 Å². The van der Waals surface area contributed by atoms with Crippen LogP contribution in [0.1, 0.15) is 60.3 Å². The van der Waals surface area contributed by atoms with E-state index in [0.717, 1.165) is 5.92 Å². The van der Waals surface area contributed by atoms with Gasteiger partial charge in [0.15, 0.2) is 0 Å². The van der Waals surface area contributed by atoms with Gasteiger partial charge < -0.3 is 5.11 Å². The Morgan fingerprint density at radius 1 is 1.07 bits per heavy atom. The molecule has 0 heterocycles. The minimum absolute atomic E-state index is 0.444. The lowest BCUT2D eigenvalue weighted by Crippen LogP contribution is -2.29. The van der Waals surface area contributed by atoms with Crippen molar-refractivity contribution in [1.29, 1.82) is 0 Å². The third-order valence-electron chi connectivity index (χ3n) is 3.44. The molecule has 1 aliphatic carbocycles. The van der Waals surface area contributed by atoms with Crippen LogP contribution in [-0.4, -0.2) is 10.7 Å². The summed E-state index contributed by atoms with van der Waals surface area (Å²) in [5, 5.41) is 9.93. The molecule has 0 aromatic heterocycles. The molecule has 2 atom stereocenters. The van der Waals surface area contributed by atoms with Gasteiger partial charge in [-0.15, -0.1) is 0 Å². The Kier molecular flexibility index (Phi) is 3.30. The molecule has 0 spiro atoms. The third-order valence-corrected chi connectivity index (χ3v) is 3.44. The standard InChI is InChI=1S/C13H26O/c1-12(2,3)9-10-6-7-11(8-10)13(4,5)14/h10-11,14H,6-9H2,1-5H3. The maximum atomic E-state index is 9.93. The first-order valence-corrected chi connectivity index (χ1v) is 5.91. The molecule has 0 radical (unpaired) electrons. The Labute approximate surface area is 88.9 Å². The van der Waals surface area contributed by atoms with E-state index in [1.165, 1.54) is 25.7 Å². The smallest absolute Gasteiger partial charge is 0.0619 e. The fraction of sp³-hybridized carbons (Fsp3) is 1.00. The van der Waals surface area contributed by atoms with Crippen LogP contribution in [-0.2, 0) is 0 Å². The summed E-state index contributed by atoms with van der Waals surface area (Å²) < 4.78 is 0. The quantitative estimate of drug-likeness (QED) is 0.718. The second-order valence-corrected chi connectivity index (χ2v) is 6.79. The summed E-state index contributed by atoms with van der Waals surface area (Å²) in [4.78, 5) is 0. The molecule has 0 aromatic rings. The van der Waals surface area contributed by atoms with Gasteiger partial charge in [-0.2, -0.15) is 0 Å². The van der Waals surface area contributed by atoms with Gasteiger partial charge in [-0.25, -0.2) is 0 Å². The van der Waals surface area contributed by atoms with Gasteiger partial charge in [0.25, 0.3) is 0 Å². The van der Waals surface area contributed by atoms with Gasteiger partial charge in [0.1, 0.15) is 0 Å². The minimum atomic E-state index is -0.466. The van der Waals surface area contributed by atoms with Crippen molar-refractivity contribution in [2.24, 2.45) is 17.3 Å². The Morgan fingerprint density at radius 2 is 1.64 bits per heavy atom. The number of hydrogen-bond donors (Lipinski definition) is 1. The molecule has 84 valence electrons. The normalized spacial score (nSPS) is 29.6. The molecule has 1 nitrogen and oxygen atoms in total. The maximum absolute atomic E-state index is 9.93. The zero-order chi connectivity index (χ0) is 11.0. The summed E-state index contributed by atoms with van der Waals surface area (Å²) in [5.41, 5.74) is -0.0220. The van der Waals surface area contributed by atoms with Crippen molar-refractivity contribution >= 4 is 0 Å². The summed E-state index contributed by atoms with van der Waals surface area (Å²) in [6.07, 6.45) is 5.05. The van der Waals surface area contributed by atoms with Gasteiger partial charge in [0.05, 0.1) is 5.60 Å². The van der Waals surface area contributed by atoms with Crippen molar-refractivity contribution in [1.82, 2.24) is 0 Å². The molecule has 2 unspecified atom stereocenters. The first kappa shape index (κ1) is 12.0. The van der Waals surface area contributed by atoms with Crippen LogP contribution in [0, 0.1) is 17.3 Å². The fourth-order valence-corrected chi connectivity index (χ4v) is 2.77. The summed E-state index contributed by atoms with van der Waals surface area (Å²) in [6, 6.07) is 0. The van der Waals surface area contributed by atoms with Crippen LogP contribution < -0.4 is 0 Å². The summed E-state index contributed by atoms with van der Waals surface area (Å²) in [5.74, 6) is 1.36. The lowest BCUT2D eigenvalue weighted by molar-refractivity contribution is 0.0175.